The number of rotatable bonds is 14. The van der Waals surface area contributed by atoms with E-state index in [-0.39, 0.29) is 25.1 Å². The van der Waals surface area contributed by atoms with Crippen LogP contribution in [0.4, 0.5) is 0 Å². The number of aliphatic hydroxyl groups excluding tert-OH is 2. The first-order valence-electron chi connectivity index (χ1n) is 12.9. The van der Waals surface area contributed by atoms with Crippen LogP contribution >= 0.6 is 0 Å². The third kappa shape index (κ3) is 9.70. The summed E-state index contributed by atoms with van der Waals surface area (Å²) >= 11 is 0. The number of benzene rings is 1. The van der Waals surface area contributed by atoms with E-state index < -0.39 is 85.4 Å². The lowest BCUT2D eigenvalue weighted by Gasteiger charge is -2.28. The van der Waals surface area contributed by atoms with Crippen LogP contribution in [-0.4, -0.2) is 112 Å². The highest BCUT2D eigenvalue weighted by Crippen LogP contribution is 2.18. The largest absolute Gasteiger partial charge is 0.508 e. The molecule has 0 spiro atoms. The molecule has 1 saturated heterocycles. The quantitative estimate of drug-likeness (QED) is 0.102. The number of nitrogens with one attached hydrogen (secondary N) is 4. The first-order chi connectivity index (χ1) is 19.4. The van der Waals surface area contributed by atoms with Gasteiger partial charge in [-0.1, -0.05) is 12.1 Å². The zero-order valence-electron chi connectivity index (χ0n) is 22.5. The second-order valence-electron chi connectivity index (χ2n) is 9.58. The number of phenols is 1. The minimum absolute atomic E-state index is 0.0170. The number of nitrogens with zero attached hydrogens (tertiary/aromatic N) is 1. The van der Waals surface area contributed by atoms with Crippen LogP contribution in [0.25, 0.3) is 0 Å². The SMILES string of the molecule is C[C@H](N)C(=O)N[C@@H](CO)C(=O)N1CCCC1C(=O)NCC(=O)N[C@@H](Cc1ccc(O)cc1)C(=O)N[C@@H](CO)C(N)=O. The van der Waals surface area contributed by atoms with Gasteiger partial charge in [-0.15, -0.1) is 0 Å². The molecule has 11 N–H and O–H groups in total. The number of hydrogen-bond donors (Lipinski definition) is 9. The van der Waals surface area contributed by atoms with E-state index in [4.69, 9.17) is 11.5 Å². The van der Waals surface area contributed by atoms with Gasteiger partial charge in [-0.3, -0.25) is 28.8 Å². The van der Waals surface area contributed by atoms with Crippen molar-refractivity contribution in [2.75, 3.05) is 26.3 Å². The van der Waals surface area contributed by atoms with Gasteiger partial charge in [-0.2, -0.15) is 0 Å². The number of aromatic hydroxyl groups is 1. The van der Waals surface area contributed by atoms with Gasteiger partial charge in [0.05, 0.1) is 25.8 Å². The lowest BCUT2D eigenvalue weighted by atomic mass is 10.0. The number of carbonyl (C=O) groups is 6. The summed E-state index contributed by atoms with van der Waals surface area (Å²) in [5.74, 6) is -4.59. The van der Waals surface area contributed by atoms with E-state index in [0.29, 0.717) is 12.0 Å². The molecule has 0 radical (unpaired) electrons. The van der Waals surface area contributed by atoms with Gasteiger partial charge >= 0.3 is 0 Å². The second-order valence-corrected chi connectivity index (χ2v) is 9.58. The Balaban J connectivity index is 2.04. The Morgan fingerprint density at radius 3 is 2.12 bits per heavy atom. The van der Waals surface area contributed by atoms with E-state index in [9.17, 15) is 44.1 Å². The summed E-state index contributed by atoms with van der Waals surface area (Å²) in [5.41, 5.74) is 11.2. The fraction of sp³-hybridized carbons (Fsp3) is 0.520. The van der Waals surface area contributed by atoms with E-state index in [1.165, 1.54) is 36.1 Å². The monoisotopic (exact) mass is 579 g/mol. The van der Waals surface area contributed by atoms with Crippen LogP contribution in [0.15, 0.2) is 24.3 Å². The van der Waals surface area contributed by atoms with Crippen molar-refractivity contribution in [3.05, 3.63) is 29.8 Å². The summed E-state index contributed by atoms with van der Waals surface area (Å²) in [5, 5.41) is 37.9. The normalized spacial score (nSPS) is 17.5. The van der Waals surface area contributed by atoms with Crippen LogP contribution in [0.2, 0.25) is 0 Å². The maximum Gasteiger partial charge on any atom is 0.248 e. The third-order valence-electron chi connectivity index (χ3n) is 6.34. The molecular formula is C25H37N7O9. The molecule has 2 rings (SSSR count). The molecule has 1 aromatic rings. The number of carbonyl (C=O) groups excluding carboxylic acids is 6. The van der Waals surface area contributed by atoms with E-state index in [2.05, 4.69) is 21.3 Å². The fourth-order valence-electron chi connectivity index (χ4n) is 4.08. The number of aliphatic hydroxyl groups is 2. The minimum Gasteiger partial charge on any atom is -0.508 e. The summed E-state index contributed by atoms with van der Waals surface area (Å²) < 4.78 is 0. The molecule has 226 valence electrons. The van der Waals surface area contributed by atoms with Crippen molar-refractivity contribution in [2.24, 2.45) is 11.5 Å². The molecular weight excluding hydrogens is 542 g/mol. The maximum absolute atomic E-state index is 12.9. The van der Waals surface area contributed by atoms with Crippen molar-refractivity contribution in [1.29, 1.82) is 0 Å². The highest BCUT2D eigenvalue weighted by molar-refractivity contribution is 5.95. The van der Waals surface area contributed by atoms with E-state index in [0.717, 1.165) is 0 Å². The molecule has 1 aliphatic rings. The Hall–Kier alpha value is -4.28. The molecule has 6 amide bonds. The van der Waals surface area contributed by atoms with Crippen LogP contribution in [0.3, 0.4) is 0 Å². The van der Waals surface area contributed by atoms with Crippen molar-refractivity contribution in [1.82, 2.24) is 26.2 Å². The second kappa shape index (κ2) is 15.5. The highest BCUT2D eigenvalue weighted by Gasteiger charge is 2.38. The van der Waals surface area contributed by atoms with Crippen molar-refractivity contribution in [3.63, 3.8) is 0 Å². The Morgan fingerprint density at radius 2 is 1.56 bits per heavy atom. The Kier molecular flexibility index (Phi) is 12.4. The molecule has 1 unspecified atom stereocenters. The summed E-state index contributed by atoms with van der Waals surface area (Å²) in [6.45, 7) is -0.441. The zero-order chi connectivity index (χ0) is 30.7. The Bertz CT molecular complexity index is 1110. The number of likely N-dealkylation sites (tertiary alicyclic amines) is 1. The van der Waals surface area contributed by atoms with Crippen LogP contribution in [0.5, 0.6) is 5.75 Å². The van der Waals surface area contributed by atoms with E-state index in [1.54, 1.807) is 0 Å². The standard InChI is InChI=1S/C25H37N7O9/c1-13(26)22(38)31-18(12-34)25(41)32-8-2-3-19(32)24(40)28-10-20(36)29-16(9-14-4-6-15(35)7-5-14)23(39)30-17(11-33)21(27)37/h4-7,13,16-19,33-35H,2-3,8-12,26H2,1H3,(H2,27,37)(H,28,40)(H,29,36)(H,30,39)(H,31,38)/t13-,16-,17-,18-,19?/m0/s1. The molecule has 16 heteroatoms. The van der Waals surface area contributed by atoms with Gasteiger partial charge in [0.1, 0.15) is 29.9 Å². The topological polar surface area (TPSA) is 267 Å². The summed E-state index contributed by atoms with van der Waals surface area (Å²) in [6.07, 6.45) is 0.680. The number of hydrogen-bond acceptors (Lipinski definition) is 10. The Morgan fingerprint density at radius 1 is 0.951 bits per heavy atom. The van der Waals surface area contributed by atoms with Crippen LogP contribution < -0.4 is 32.7 Å². The van der Waals surface area contributed by atoms with Crippen molar-refractivity contribution in [2.45, 2.75) is 56.4 Å². The summed E-state index contributed by atoms with van der Waals surface area (Å²) in [6, 6.07) is -0.0334. The van der Waals surface area contributed by atoms with Gasteiger partial charge in [-0.05, 0) is 37.5 Å². The lowest BCUT2D eigenvalue weighted by molar-refractivity contribution is -0.142. The zero-order valence-corrected chi connectivity index (χ0v) is 22.5. The molecule has 0 bridgehead atoms. The van der Waals surface area contributed by atoms with Crippen molar-refractivity contribution in [3.8, 4) is 5.75 Å². The molecule has 0 aliphatic carbocycles. The van der Waals surface area contributed by atoms with Gasteiger partial charge in [-0.25, -0.2) is 0 Å². The van der Waals surface area contributed by atoms with E-state index in [1.807, 2.05) is 0 Å². The highest BCUT2D eigenvalue weighted by atomic mass is 16.3. The Labute approximate surface area is 235 Å². The predicted octanol–water partition coefficient (Wildman–Crippen LogP) is -4.69. The van der Waals surface area contributed by atoms with Crippen molar-refractivity contribution < 1.29 is 44.1 Å². The summed E-state index contributed by atoms with van der Waals surface area (Å²) in [4.78, 5) is 75.8. The molecule has 1 heterocycles. The number of amides is 6. The van der Waals surface area contributed by atoms with Gasteiger partial charge in [0.2, 0.25) is 35.4 Å². The van der Waals surface area contributed by atoms with Crippen LogP contribution in [0.1, 0.15) is 25.3 Å². The van der Waals surface area contributed by atoms with E-state index >= 15 is 0 Å². The predicted molar refractivity (Wildman–Crippen MR) is 142 cm³/mol. The van der Waals surface area contributed by atoms with Gasteiger partial charge < -0.3 is 53.0 Å². The molecule has 0 saturated carbocycles. The molecule has 0 aromatic heterocycles. The van der Waals surface area contributed by atoms with Crippen LogP contribution in [-0.2, 0) is 35.2 Å². The number of primary amides is 1. The molecule has 1 fully saturated rings. The average Bonchev–Trinajstić information content (AvgIpc) is 3.43. The number of nitrogens with two attached hydrogens (primary N) is 2. The number of phenolic OH excluding ortho intramolecular Hbond substituents is 1. The minimum atomic E-state index is -1.40. The lowest BCUT2D eigenvalue weighted by Crippen LogP contribution is -2.57. The smallest absolute Gasteiger partial charge is 0.248 e. The van der Waals surface area contributed by atoms with Gasteiger partial charge in [0, 0.05) is 13.0 Å². The summed E-state index contributed by atoms with van der Waals surface area (Å²) in [7, 11) is 0. The molecule has 1 aromatic carbocycles. The molecule has 41 heavy (non-hydrogen) atoms. The van der Waals surface area contributed by atoms with Crippen molar-refractivity contribution >= 4 is 35.4 Å². The molecule has 16 nitrogen and oxygen atoms in total. The first-order valence-corrected chi connectivity index (χ1v) is 12.9. The average molecular weight is 580 g/mol. The fourth-order valence-corrected chi connectivity index (χ4v) is 4.08. The van der Waals surface area contributed by atoms with Gasteiger partial charge in [0.25, 0.3) is 0 Å². The first kappa shape index (κ1) is 32.9. The third-order valence-corrected chi connectivity index (χ3v) is 6.34. The molecule has 1 aliphatic heterocycles. The van der Waals surface area contributed by atoms with Crippen LogP contribution in [0, 0.1) is 0 Å². The van der Waals surface area contributed by atoms with Gasteiger partial charge in [0.15, 0.2) is 0 Å². The maximum atomic E-state index is 12.9. The molecule has 5 atom stereocenters.